The molecule has 2 fully saturated rings. The number of hydrogen-bond donors (Lipinski definition) is 1. The van der Waals surface area contributed by atoms with Gasteiger partial charge in [-0.3, -0.25) is 28.8 Å². The van der Waals surface area contributed by atoms with Gasteiger partial charge < -0.3 is 18.7 Å². The van der Waals surface area contributed by atoms with Gasteiger partial charge in [0.1, 0.15) is 11.6 Å². The summed E-state index contributed by atoms with van der Waals surface area (Å²) in [5, 5.41) is 9.08. The van der Waals surface area contributed by atoms with Crippen molar-refractivity contribution in [2.24, 2.45) is 11.8 Å². The summed E-state index contributed by atoms with van der Waals surface area (Å²) in [6, 6.07) is 24.3. The number of ketones is 4. The Kier molecular flexibility index (Phi) is 23.9. The Balaban J connectivity index is 0.000000266. The van der Waals surface area contributed by atoms with E-state index in [0.29, 0.717) is 24.2 Å². The third-order valence-electron chi connectivity index (χ3n) is 14.9. The summed E-state index contributed by atoms with van der Waals surface area (Å²) < 4.78 is 96.3. The number of oxazole rings is 2. The number of benzene rings is 4. The summed E-state index contributed by atoms with van der Waals surface area (Å²) in [5.41, 5.74) is 2.16. The van der Waals surface area contributed by atoms with Crippen molar-refractivity contribution in [1.82, 2.24) is 9.97 Å². The maximum atomic E-state index is 13.6. The van der Waals surface area contributed by atoms with Crippen molar-refractivity contribution >= 4 is 81.5 Å². The molecule has 0 aliphatic heterocycles. The fraction of sp³-hybridized carbons (Fsp3) is 0.410. The first-order valence-corrected chi connectivity index (χ1v) is 28.5. The molecule has 0 unspecified atom stereocenters. The number of carbonyl (C=O) groups is 6. The number of carboxylic acid groups (broad SMARTS) is 1. The second-order valence-electron chi connectivity index (χ2n) is 20.9. The van der Waals surface area contributed by atoms with Crippen LogP contribution in [0.4, 0.5) is 26.3 Å². The minimum Gasteiger partial charge on any atom is -0.481 e. The third kappa shape index (κ3) is 18.3. The van der Waals surface area contributed by atoms with Crippen molar-refractivity contribution in [1.29, 1.82) is 0 Å². The third-order valence-corrected chi connectivity index (χ3v) is 16.2. The molecule has 12 nitrogen and oxygen atoms in total. The molecule has 450 valence electrons. The smallest absolute Gasteiger partial charge is 0.452 e. The first-order chi connectivity index (χ1) is 39.4. The van der Waals surface area contributed by atoms with Crippen LogP contribution >= 0.6 is 46.4 Å². The predicted molar refractivity (Wildman–Crippen MR) is 299 cm³/mol. The van der Waals surface area contributed by atoms with Crippen LogP contribution < -0.4 is 0 Å². The summed E-state index contributed by atoms with van der Waals surface area (Å²) in [6.07, 6.45) is -1.90. The van der Waals surface area contributed by atoms with E-state index in [9.17, 15) is 55.1 Å². The van der Waals surface area contributed by atoms with Crippen LogP contribution in [-0.2, 0) is 49.1 Å². The van der Waals surface area contributed by atoms with E-state index < -0.39 is 64.6 Å². The van der Waals surface area contributed by atoms with Gasteiger partial charge in [-0.05, 0) is 134 Å². The van der Waals surface area contributed by atoms with E-state index in [-0.39, 0.29) is 119 Å². The Hall–Kier alpha value is -6.43. The molecule has 6 aromatic rings. The minimum absolute atomic E-state index is 0. The van der Waals surface area contributed by atoms with Gasteiger partial charge in [-0.1, -0.05) is 107 Å². The molecule has 84 heavy (non-hydrogen) atoms. The Morgan fingerprint density at radius 1 is 0.536 bits per heavy atom. The number of hydrogen-bond acceptors (Lipinski definition) is 11. The second-order valence-corrected chi connectivity index (χ2v) is 22.5. The largest absolute Gasteiger partial charge is 0.481 e. The van der Waals surface area contributed by atoms with Crippen molar-refractivity contribution in [2.75, 3.05) is 7.11 Å². The van der Waals surface area contributed by atoms with E-state index in [1.165, 1.54) is 49.1 Å². The SMILES string of the molecule is COC(=O)CC1CCC(c2ccc(CC(=O)CCCC(=O)c3nc(-c4c(Cl)cccc4Cl)oc3C(F)(F)F)cc2)CC1.O=C(O)CC1CCC(c2ccc(CC(=O)CCCC(=O)c3nc(-c4c(Cl)cccc4Cl)oc3C(F)(F)F)cc2)CC1.[Ne]. The molecule has 0 radical (unpaired) electrons. The number of alkyl halides is 6. The van der Waals surface area contributed by atoms with Crippen LogP contribution in [0.3, 0.4) is 0 Å². The van der Waals surface area contributed by atoms with E-state index in [2.05, 4.69) is 9.97 Å². The summed E-state index contributed by atoms with van der Waals surface area (Å²) in [4.78, 5) is 80.5. The van der Waals surface area contributed by atoms with E-state index >= 15 is 0 Å². The zero-order chi connectivity index (χ0) is 60.2. The summed E-state index contributed by atoms with van der Waals surface area (Å²) in [6.45, 7) is 0. The van der Waals surface area contributed by atoms with Crippen LogP contribution in [0.25, 0.3) is 22.9 Å². The molecule has 0 bridgehead atoms. The average molecular weight is 1260 g/mol. The Morgan fingerprint density at radius 2 is 0.881 bits per heavy atom. The molecule has 2 heterocycles. The molecule has 4 aromatic carbocycles. The molecule has 0 saturated heterocycles. The monoisotopic (exact) mass is 1250 g/mol. The molecule has 0 spiro atoms. The maximum Gasteiger partial charge on any atom is 0.452 e. The zero-order valence-corrected chi connectivity index (χ0v) is 48.3. The predicted octanol–water partition coefficient (Wildman–Crippen LogP) is 17.2. The van der Waals surface area contributed by atoms with Gasteiger partial charge in [-0.15, -0.1) is 0 Å². The van der Waals surface area contributed by atoms with Crippen molar-refractivity contribution in [2.45, 2.75) is 140 Å². The molecule has 2 aliphatic rings. The normalized spacial score (nSPS) is 17.1. The van der Waals surface area contributed by atoms with Gasteiger partial charge in [-0.25, -0.2) is 9.97 Å². The van der Waals surface area contributed by atoms with Gasteiger partial charge in [0.15, 0.2) is 23.0 Å². The number of aromatic nitrogens is 2. The van der Waals surface area contributed by atoms with E-state index in [1.54, 1.807) is 0 Å². The van der Waals surface area contributed by atoms with Gasteiger partial charge in [0.25, 0.3) is 0 Å². The van der Waals surface area contributed by atoms with Crippen molar-refractivity contribution in [3.05, 3.63) is 150 Å². The fourth-order valence-electron chi connectivity index (χ4n) is 10.6. The first-order valence-electron chi connectivity index (χ1n) is 27.0. The number of ether oxygens (including phenoxy) is 1. The number of carboxylic acids is 1. The molecular formula is C61H58Cl4F6N2NeO10. The maximum absolute atomic E-state index is 13.6. The first kappa shape index (κ1) is 66.7. The summed E-state index contributed by atoms with van der Waals surface area (Å²) in [7, 11) is 1.40. The van der Waals surface area contributed by atoms with Gasteiger partial charge in [0, 0.05) is 57.5 Å². The molecule has 2 saturated carbocycles. The fourth-order valence-corrected chi connectivity index (χ4v) is 11.7. The molecule has 23 heteroatoms. The number of rotatable bonds is 22. The minimum atomic E-state index is -4.97. The van der Waals surface area contributed by atoms with Crippen LogP contribution in [0.5, 0.6) is 0 Å². The number of carbonyl (C=O) groups excluding carboxylic acids is 5. The number of nitrogens with zero attached hydrogens (tertiary/aromatic N) is 2. The molecule has 1 N–H and O–H groups in total. The second kappa shape index (κ2) is 30.1. The van der Waals surface area contributed by atoms with Gasteiger partial charge >= 0.3 is 24.3 Å². The van der Waals surface area contributed by atoms with Crippen LogP contribution in [0.1, 0.15) is 169 Å². The summed E-state index contributed by atoms with van der Waals surface area (Å²) in [5.74, 6) is -5.72. The van der Waals surface area contributed by atoms with Crippen molar-refractivity contribution in [3.8, 4) is 22.9 Å². The molecular weight excluding hydrogens is 1200 g/mol. The number of methoxy groups -OCH3 is 1. The number of Topliss-reactive ketones (excluding diaryl/α,β-unsaturated/α-hetero) is 4. The number of esters is 1. The quantitative estimate of drug-likeness (QED) is 0.0386. The summed E-state index contributed by atoms with van der Waals surface area (Å²) >= 11 is 24.3. The standard InChI is InChI=1S/C31H30Cl2F3NO5.C30H28Cl2F3NO5.Ne/c1-41-26(40)17-19-10-14-21(15-11-19)20-12-8-18(9-13-20)16-22(38)4-2-7-25(39)28-29(31(34,35)36)42-30(37-28)27-23(32)5-3-6-24(27)33;31-22-4-2-5-23(32)26(22)29-36-27(28(41-29)30(33,34)35)24(38)6-1-3-21(37)15-17-7-11-19(12-8-17)20-13-9-18(10-14-20)16-25(39)40;/h3,5-6,8-9,12-13,19,21H,2,4,7,10-11,14-17H2,1H3;2,4-5,7-8,11-12,18,20H,1,3,6,9-10,13-16H2,(H,39,40);. The van der Waals surface area contributed by atoms with Crippen LogP contribution in [0.2, 0.25) is 20.1 Å². The number of halogens is 10. The van der Waals surface area contributed by atoms with Crippen molar-refractivity contribution in [3.63, 3.8) is 0 Å². The number of aliphatic carboxylic acids is 1. The average Bonchev–Trinajstić information content (AvgIpc) is 2.88. The van der Waals surface area contributed by atoms with Crippen molar-refractivity contribution < 1.29 is 79.9 Å². The van der Waals surface area contributed by atoms with Crippen LogP contribution in [-0.4, -0.2) is 57.3 Å². The van der Waals surface area contributed by atoms with Gasteiger partial charge in [0.2, 0.25) is 23.3 Å². The molecule has 0 atom stereocenters. The Bertz CT molecular complexity index is 3240. The van der Waals surface area contributed by atoms with Gasteiger partial charge in [-0.2, -0.15) is 26.3 Å². The Morgan fingerprint density at radius 3 is 1.20 bits per heavy atom. The van der Waals surface area contributed by atoms with E-state index in [4.69, 9.17) is 65.1 Å². The van der Waals surface area contributed by atoms with Gasteiger partial charge in [0.05, 0.1) is 38.3 Å². The van der Waals surface area contributed by atoms with E-state index in [1.807, 2.05) is 48.5 Å². The molecule has 0 amide bonds. The van der Waals surface area contributed by atoms with E-state index in [0.717, 1.165) is 68.1 Å². The van der Waals surface area contributed by atoms with Crippen LogP contribution in [0.15, 0.2) is 93.8 Å². The molecule has 2 aliphatic carbocycles. The molecule has 2 aromatic heterocycles. The Labute approximate surface area is 500 Å². The zero-order valence-electron chi connectivity index (χ0n) is 45.3. The van der Waals surface area contributed by atoms with Crippen LogP contribution in [0, 0.1) is 18.0 Å². The topological polar surface area (TPSA) is 184 Å². The molecule has 8 rings (SSSR count).